The van der Waals surface area contributed by atoms with E-state index in [2.05, 4.69) is 17.2 Å². The number of anilines is 1. The summed E-state index contributed by atoms with van der Waals surface area (Å²) in [4.78, 5) is 4.45. The molecule has 0 amide bonds. The number of hydrogen-bond acceptors (Lipinski definition) is 3. The first-order chi connectivity index (χ1) is 9.22. The minimum Gasteiger partial charge on any atom is -0.361 e. The number of nitrogens with one attached hydrogen (secondary N) is 1. The van der Waals surface area contributed by atoms with Crippen LogP contribution in [0.5, 0.6) is 0 Å². The smallest absolute Gasteiger partial charge is 0.183 e. The van der Waals surface area contributed by atoms with Crippen LogP contribution in [0, 0.1) is 17.7 Å². The highest BCUT2D eigenvalue weighted by atomic mass is 32.1. The third-order valence-corrected chi connectivity index (χ3v) is 5.15. The van der Waals surface area contributed by atoms with Crippen molar-refractivity contribution in [2.45, 2.75) is 32.6 Å². The monoisotopic (exact) mass is 278 g/mol. The molecule has 0 spiro atoms. The Morgan fingerprint density at radius 1 is 1.37 bits per heavy atom. The Bertz CT molecular complexity index is 566. The van der Waals surface area contributed by atoms with Gasteiger partial charge < -0.3 is 5.32 Å². The van der Waals surface area contributed by atoms with Crippen molar-refractivity contribution in [1.82, 2.24) is 4.98 Å². The molecule has 1 aliphatic carbocycles. The minimum atomic E-state index is -0.217. The molecule has 1 aromatic heterocycles. The summed E-state index contributed by atoms with van der Waals surface area (Å²) in [5, 5.41) is 4.35. The number of halogens is 1. The zero-order valence-corrected chi connectivity index (χ0v) is 12.0. The molecule has 1 fully saturated rings. The van der Waals surface area contributed by atoms with E-state index in [0.717, 1.165) is 33.7 Å². The number of nitrogens with zero attached hydrogens (tertiary/aromatic N) is 1. The Morgan fingerprint density at radius 3 is 3.05 bits per heavy atom. The van der Waals surface area contributed by atoms with Crippen LogP contribution in [0.25, 0.3) is 10.2 Å². The lowest BCUT2D eigenvalue weighted by atomic mass is 9.80. The first kappa shape index (κ1) is 12.9. The molecule has 1 aromatic carbocycles. The summed E-state index contributed by atoms with van der Waals surface area (Å²) in [6, 6.07) is 4.80. The van der Waals surface area contributed by atoms with Gasteiger partial charge in [0.1, 0.15) is 5.82 Å². The van der Waals surface area contributed by atoms with Crippen LogP contribution >= 0.6 is 11.3 Å². The molecule has 0 bridgehead atoms. The predicted octanol–water partition coefficient (Wildman–Crippen LogP) is 4.67. The molecule has 0 saturated heterocycles. The molecule has 2 unspecified atom stereocenters. The van der Waals surface area contributed by atoms with Crippen LogP contribution in [0.4, 0.5) is 9.52 Å². The molecule has 0 aliphatic heterocycles. The fourth-order valence-corrected chi connectivity index (χ4v) is 3.74. The Kier molecular flexibility index (Phi) is 3.69. The van der Waals surface area contributed by atoms with E-state index in [1.165, 1.54) is 37.8 Å². The van der Waals surface area contributed by atoms with Gasteiger partial charge in [0.25, 0.3) is 0 Å². The van der Waals surface area contributed by atoms with Crippen LogP contribution in [-0.4, -0.2) is 11.5 Å². The van der Waals surface area contributed by atoms with Gasteiger partial charge in [-0.05, 0) is 30.4 Å². The summed E-state index contributed by atoms with van der Waals surface area (Å²) in [6.07, 6.45) is 5.38. The van der Waals surface area contributed by atoms with Crippen LogP contribution < -0.4 is 5.32 Å². The summed E-state index contributed by atoms with van der Waals surface area (Å²) < 4.78 is 14.2. The largest absolute Gasteiger partial charge is 0.361 e. The Balaban J connectivity index is 1.68. The summed E-state index contributed by atoms with van der Waals surface area (Å²) in [7, 11) is 0. The maximum absolute atomic E-state index is 13.1. The quantitative estimate of drug-likeness (QED) is 0.882. The van der Waals surface area contributed by atoms with Gasteiger partial charge in [0.05, 0.1) is 10.2 Å². The van der Waals surface area contributed by atoms with E-state index in [1.54, 1.807) is 17.4 Å². The standard InChI is InChI=1S/C15H19FN2S/c1-10-4-2-3-5-11(10)9-17-15-18-13-8-12(16)6-7-14(13)19-15/h6-8,10-11H,2-5,9H2,1H3,(H,17,18). The second-order valence-corrected chi connectivity index (χ2v) is 6.56. The average molecular weight is 278 g/mol. The first-order valence-corrected chi connectivity index (χ1v) is 7.84. The molecule has 2 atom stereocenters. The summed E-state index contributed by atoms with van der Waals surface area (Å²) in [5.74, 6) is 1.33. The molecule has 0 radical (unpaired) electrons. The van der Waals surface area contributed by atoms with Gasteiger partial charge in [0.15, 0.2) is 5.13 Å². The second-order valence-electron chi connectivity index (χ2n) is 5.53. The van der Waals surface area contributed by atoms with E-state index in [1.807, 2.05) is 0 Å². The van der Waals surface area contributed by atoms with Gasteiger partial charge in [0.2, 0.25) is 0 Å². The molecule has 19 heavy (non-hydrogen) atoms. The van der Waals surface area contributed by atoms with Gasteiger partial charge in [-0.3, -0.25) is 0 Å². The van der Waals surface area contributed by atoms with Crippen molar-refractivity contribution in [2.24, 2.45) is 11.8 Å². The highest BCUT2D eigenvalue weighted by molar-refractivity contribution is 7.22. The molecule has 1 N–H and O–H groups in total. The van der Waals surface area contributed by atoms with Crippen molar-refractivity contribution in [1.29, 1.82) is 0 Å². The van der Waals surface area contributed by atoms with Gasteiger partial charge in [-0.1, -0.05) is 37.5 Å². The van der Waals surface area contributed by atoms with Crippen LogP contribution in [0.2, 0.25) is 0 Å². The van der Waals surface area contributed by atoms with E-state index in [4.69, 9.17) is 0 Å². The Morgan fingerprint density at radius 2 is 2.21 bits per heavy atom. The van der Waals surface area contributed by atoms with Gasteiger partial charge in [-0.2, -0.15) is 0 Å². The number of hydrogen-bond donors (Lipinski definition) is 1. The van der Waals surface area contributed by atoms with E-state index >= 15 is 0 Å². The normalized spacial score (nSPS) is 23.7. The number of benzene rings is 1. The van der Waals surface area contributed by atoms with Crippen molar-refractivity contribution < 1.29 is 4.39 Å². The third kappa shape index (κ3) is 2.89. The molecular formula is C15H19FN2S. The lowest BCUT2D eigenvalue weighted by Gasteiger charge is -2.28. The second kappa shape index (κ2) is 5.45. The Hall–Kier alpha value is -1.16. The summed E-state index contributed by atoms with van der Waals surface area (Å²) >= 11 is 1.61. The molecular weight excluding hydrogens is 259 g/mol. The molecule has 102 valence electrons. The van der Waals surface area contributed by atoms with Gasteiger partial charge in [-0.25, -0.2) is 9.37 Å². The number of rotatable bonds is 3. The molecule has 1 aliphatic rings. The van der Waals surface area contributed by atoms with Crippen LogP contribution in [0.15, 0.2) is 18.2 Å². The van der Waals surface area contributed by atoms with Gasteiger partial charge in [-0.15, -0.1) is 0 Å². The molecule has 4 heteroatoms. The summed E-state index contributed by atoms with van der Waals surface area (Å²) in [5.41, 5.74) is 0.754. The molecule has 1 saturated carbocycles. The van der Waals surface area contributed by atoms with Crippen molar-refractivity contribution >= 4 is 26.7 Å². The Labute approximate surface area is 117 Å². The SMILES string of the molecule is CC1CCCCC1CNc1nc2cc(F)ccc2s1. The number of fused-ring (bicyclic) bond motifs is 1. The van der Waals surface area contributed by atoms with E-state index in [9.17, 15) is 4.39 Å². The number of aromatic nitrogens is 1. The van der Waals surface area contributed by atoms with Crippen molar-refractivity contribution in [3.05, 3.63) is 24.0 Å². The van der Waals surface area contributed by atoms with Crippen molar-refractivity contribution in [3.63, 3.8) is 0 Å². The topological polar surface area (TPSA) is 24.9 Å². The maximum Gasteiger partial charge on any atom is 0.183 e. The van der Waals surface area contributed by atoms with Gasteiger partial charge in [0, 0.05) is 12.6 Å². The van der Waals surface area contributed by atoms with Crippen molar-refractivity contribution in [3.8, 4) is 0 Å². The minimum absolute atomic E-state index is 0.217. The maximum atomic E-state index is 13.1. The molecule has 1 heterocycles. The number of thiazole rings is 1. The average Bonchev–Trinajstić information content (AvgIpc) is 2.79. The fourth-order valence-electron chi connectivity index (χ4n) is 2.89. The van der Waals surface area contributed by atoms with Crippen LogP contribution in [0.3, 0.4) is 0 Å². The van der Waals surface area contributed by atoms with E-state index in [-0.39, 0.29) is 5.82 Å². The van der Waals surface area contributed by atoms with E-state index < -0.39 is 0 Å². The zero-order chi connectivity index (χ0) is 13.2. The van der Waals surface area contributed by atoms with Crippen LogP contribution in [0.1, 0.15) is 32.6 Å². The van der Waals surface area contributed by atoms with Gasteiger partial charge >= 0.3 is 0 Å². The molecule has 3 rings (SSSR count). The van der Waals surface area contributed by atoms with Crippen LogP contribution in [-0.2, 0) is 0 Å². The highest BCUT2D eigenvalue weighted by Crippen LogP contribution is 2.31. The molecule has 2 aromatic rings. The van der Waals surface area contributed by atoms with Crippen molar-refractivity contribution in [2.75, 3.05) is 11.9 Å². The fraction of sp³-hybridized carbons (Fsp3) is 0.533. The lowest BCUT2D eigenvalue weighted by molar-refractivity contribution is 0.268. The lowest BCUT2D eigenvalue weighted by Crippen LogP contribution is -2.24. The predicted molar refractivity (Wildman–Crippen MR) is 79.2 cm³/mol. The zero-order valence-electron chi connectivity index (χ0n) is 11.2. The van der Waals surface area contributed by atoms with E-state index in [0.29, 0.717) is 0 Å². The summed E-state index contributed by atoms with van der Waals surface area (Å²) in [6.45, 7) is 3.34. The molecule has 2 nitrogen and oxygen atoms in total. The third-order valence-electron chi connectivity index (χ3n) is 4.15. The first-order valence-electron chi connectivity index (χ1n) is 7.02. The highest BCUT2D eigenvalue weighted by Gasteiger charge is 2.21.